The number of carboxylic acid groups (broad SMARTS) is 1. The second kappa shape index (κ2) is 11.5. The van der Waals surface area contributed by atoms with Gasteiger partial charge in [-0.25, -0.2) is 9.59 Å². The molecule has 0 bridgehead atoms. The maximum atomic E-state index is 12.8. The number of rotatable bonds is 12. The number of nitrogens with zero attached hydrogens (tertiary/aromatic N) is 1. The summed E-state index contributed by atoms with van der Waals surface area (Å²) in [5, 5.41) is 12.2. The summed E-state index contributed by atoms with van der Waals surface area (Å²) in [5.74, 6) is 0.291. The first kappa shape index (κ1) is 23.6. The Bertz CT molecular complexity index is 895. The van der Waals surface area contributed by atoms with Crippen molar-refractivity contribution in [2.75, 3.05) is 31.6 Å². The number of amides is 2. The Hall–Kier alpha value is -3.06. The van der Waals surface area contributed by atoms with Gasteiger partial charge in [0.2, 0.25) is 0 Å². The summed E-state index contributed by atoms with van der Waals surface area (Å²) in [6, 6.07) is 15.0. The van der Waals surface area contributed by atoms with Gasteiger partial charge in [-0.15, -0.1) is 0 Å². The minimum atomic E-state index is -0.966. The molecule has 0 saturated heterocycles. The number of urea groups is 1. The van der Waals surface area contributed by atoms with Crippen LogP contribution < -0.4 is 10.1 Å². The Balaban J connectivity index is 1.50. The number of anilines is 1. The van der Waals surface area contributed by atoms with Crippen LogP contribution in [0.25, 0.3) is 0 Å². The molecule has 1 atom stereocenters. The van der Waals surface area contributed by atoms with E-state index < -0.39 is 12.1 Å². The summed E-state index contributed by atoms with van der Waals surface area (Å²) in [4.78, 5) is 25.8. The maximum Gasteiger partial charge on any atom is 0.333 e. The van der Waals surface area contributed by atoms with E-state index in [2.05, 4.69) is 5.32 Å². The van der Waals surface area contributed by atoms with E-state index in [1.165, 1.54) is 0 Å². The SMILES string of the molecule is CCOC(Cc1ccc(OCCN(CC2CC2)C(=O)Nc2cccc(C)c2)cc1)C(=O)O. The molecule has 3 rings (SSSR count). The van der Waals surface area contributed by atoms with Gasteiger partial charge in [-0.05, 0) is 68.0 Å². The Labute approximate surface area is 189 Å². The molecule has 2 N–H and O–H groups in total. The lowest BCUT2D eigenvalue weighted by Gasteiger charge is -2.23. The third kappa shape index (κ3) is 7.57. The van der Waals surface area contributed by atoms with Crippen molar-refractivity contribution in [3.05, 3.63) is 59.7 Å². The van der Waals surface area contributed by atoms with E-state index in [1.54, 1.807) is 6.92 Å². The molecule has 2 aromatic carbocycles. The van der Waals surface area contributed by atoms with Crippen molar-refractivity contribution in [2.24, 2.45) is 5.92 Å². The predicted molar refractivity (Wildman–Crippen MR) is 123 cm³/mol. The van der Waals surface area contributed by atoms with Crippen LogP contribution >= 0.6 is 0 Å². The van der Waals surface area contributed by atoms with Crippen LogP contribution in [0.5, 0.6) is 5.75 Å². The van der Waals surface area contributed by atoms with E-state index in [4.69, 9.17) is 9.47 Å². The molecule has 0 heterocycles. The van der Waals surface area contributed by atoms with Crippen LogP contribution in [0.15, 0.2) is 48.5 Å². The van der Waals surface area contributed by atoms with Crippen molar-refractivity contribution in [2.45, 2.75) is 39.2 Å². The van der Waals surface area contributed by atoms with Crippen molar-refractivity contribution in [3.63, 3.8) is 0 Å². The third-order valence-corrected chi connectivity index (χ3v) is 5.35. The maximum absolute atomic E-state index is 12.8. The minimum absolute atomic E-state index is 0.114. The fourth-order valence-electron chi connectivity index (χ4n) is 3.44. The monoisotopic (exact) mass is 440 g/mol. The number of carboxylic acids is 1. The molecular formula is C25H32N2O5. The third-order valence-electron chi connectivity index (χ3n) is 5.35. The molecule has 1 saturated carbocycles. The summed E-state index contributed by atoms with van der Waals surface area (Å²) in [5.41, 5.74) is 2.75. The molecule has 0 aromatic heterocycles. The number of benzene rings is 2. The molecule has 32 heavy (non-hydrogen) atoms. The van der Waals surface area contributed by atoms with Crippen LogP contribution in [0.2, 0.25) is 0 Å². The van der Waals surface area contributed by atoms with Crippen molar-refractivity contribution >= 4 is 17.7 Å². The van der Waals surface area contributed by atoms with Crippen LogP contribution in [0.1, 0.15) is 30.9 Å². The van der Waals surface area contributed by atoms with Crippen molar-refractivity contribution in [1.82, 2.24) is 4.90 Å². The fraction of sp³-hybridized carbons (Fsp3) is 0.440. The standard InChI is InChI=1S/C25H32N2O5/c1-3-31-23(24(28)29)16-19-9-11-22(12-10-19)32-14-13-27(17-20-7-8-20)25(30)26-21-6-4-5-18(2)15-21/h4-6,9-12,15,20,23H,3,7-8,13-14,16-17H2,1-2H3,(H,26,30)(H,28,29). The molecule has 2 aromatic rings. The molecule has 1 aliphatic carbocycles. The second-order valence-electron chi connectivity index (χ2n) is 8.17. The van der Waals surface area contributed by atoms with Crippen molar-refractivity contribution < 1.29 is 24.2 Å². The first-order valence-corrected chi connectivity index (χ1v) is 11.1. The Morgan fingerprint density at radius 1 is 1.19 bits per heavy atom. The Morgan fingerprint density at radius 2 is 1.94 bits per heavy atom. The van der Waals surface area contributed by atoms with Crippen LogP contribution in [0, 0.1) is 12.8 Å². The number of aliphatic carboxylic acids is 1. The van der Waals surface area contributed by atoms with Gasteiger partial charge in [-0.2, -0.15) is 0 Å². The number of hydrogen-bond acceptors (Lipinski definition) is 4. The number of carbonyl (C=O) groups excluding carboxylic acids is 1. The quantitative estimate of drug-likeness (QED) is 0.512. The molecule has 1 aliphatic rings. The van der Waals surface area contributed by atoms with Gasteiger partial charge in [-0.1, -0.05) is 24.3 Å². The van der Waals surface area contributed by atoms with E-state index in [9.17, 15) is 14.7 Å². The number of carbonyl (C=O) groups is 2. The van der Waals surface area contributed by atoms with Crippen LogP contribution in [0.4, 0.5) is 10.5 Å². The molecule has 2 amide bonds. The fourth-order valence-corrected chi connectivity index (χ4v) is 3.44. The van der Waals surface area contributed by atoms with Gasteiger partial charge in [-0.3, -0.25) is 0 Å². The van der Waals surface area contributed by atoms with E-state index >= 15 is 0 Å². The highest BCUT2D eigenvalue weighted by molar-refractivity contribution is 5.89. The first-order valence-electron chi connectivity index (χ1n) is 11.1. The topological polar surface area (TPSA) is 88.1 Å². The van der Waals surface area contributed by atoms with E-state index in [1.807, 2.05) is 60.4 Å². The van der Waals surface area contributed by atoms with E-state index in [0.717, 1.165) is 36.2 Å². The second-order valence-corrected chi connectivity index (χ2v) is 8.17. The molecule has 0 spiro atoms. The Kier molecular flexibility index (Phi) is 8.50. The summed E-state index contributed by atoms with van der Waals surface area (Å²) in [6.07, 6.45) is 1.78. The van der Waals surface area contributed by atoms with E-state index in [-0.39, 0.29) is 6.03 Å². The molecule has 172 valence electrons. The van der Waals surface area contributed by atoms with Crippen LogP contribution in [-0.4, -0.2) is 54.4 Å². The number of hydrogen-bond donors (Lipinski definition) is 2. The highest BCUT2D eigenvalue weighted by Gasteiger charge is 2.27. The number of aryl methyl sites for hydroxylation is 1. The zero-order valence-corrected chi connectivity index (χ0v) is 18.8. The normalized spacial score (nSPS) is 13.9. The molecule has 7 heteroatoms. The highest BCUT2D eigenvalue weighted by atomic mass is 16.5. The summed E-state index contributed by atoms with van der Waals surface area (Å²) >= 11 is 0. The average molecular weight is 441 g/mol. The lowest BCUT2D eigenvalue weighted by Crippen LogP contribution is -2.39. The molecule has 1 fully saturated rings. The van der Waals surface area contributed by atoms with Gasteiger partial charge < -0.3 is 24.8 Å². The van der Waals surface area contributed by atoms with E-state index in [0.29, 0.717) is 37.8 Å². The van der Waals surface area contributed by atoms with Gasteiger partial charge >= 0.3 is 12.0 Å². The summed E-state index contributed by atoms with van der Waals surface area (Å²) in [6.45, 7) is 5.72. The van der Waals surface area contributed by atoms with Gasteiger partial charge in [0, 0.05) is 25.3 Å². The molecule has 0 radical (unpaired) electrons. The lowest BCUT2D eigenvalue weighted by molar-refractivity contribution is -0.149. The Morgan fingerprint density at radius 3 is 2.56 bits per heavy atom. The highest BCUT2D eigenvalue weighted by Crippen LogP contribution is 2.30. The molecule has 7 nitrogen and oxygen atoms in total. The number of ether oxygens (including phenoxy) is 2. The van der Waals surface area contributed by atoms with Gasteiger partial charge in [0.05, 0.1) is 6.54 Å². The molecule has 0 aliphatic heterocycles. The zero-order valence-electron chi connectivity index (χ0n) is 18.8. The predicted octanol–water partition coefficient (Wildman–Crippen LogP) is 4.35. The lowest BCUT2D eigenvalue weighted by atomic mass is 10.1. The number of nitrogens with one attached hydrogen (secondary N) is 1. The largest absolute Gasteiger partial charge is 0.492 e. The molecular weight excluding hydrogens is 408 g/mol. The van der Waals surface area contributed by atoms with Gasteiger partial charge in [0.15, 0.2) is 6.10 Å². The van der Waals surface area contributed by atoms with Gasteiger partial charge in [0.25, 0.3) is 0 Å². The van der Waals surface area contributed by atoms with Gasteiger partial charge in [0.1, 0.15) is 12.4 Å². The summed E-state index contributed by atoms with van der Waals surface area (Å²) in [7, 11) is 0. The van der Waals surface area contributed by atoms with Crippen LogP contribution in [-0.2, 0) is 16.0 Å². The molecule has 1 unspecified atom stereocenters. The minimum Gasteiger partial charge on any atom is -0.492 e. The van der Waals surface area contributed by atoms with Crippen LogP contribution in [0.3, 0.4) is 0 Å². The zero-order chi connectivity index (χ0) is 22.9. The summed E-state index contributed by atoms with van der Waals surface area (Å²) < 4.78 is 11.1. The van der Waals surface area contributed by atoms with Crippen molar-refractivity contribution in [3.8, 4) is 5.75 Å². The van der Waals surface area contributed by atoms with Crippen molar-refractivity contribution in [1.29, 1.82) is 0 Å². The first-order chi connectivity index (χ1) is 15.4. The smallest absolute Gasteiger partial charge is 0.333 e. The average Bonchev–Trinajstić information content (AvgIpc) is 3.58.